The molecule has 3 rings (SSSR count). The fourth-order valence-corrected chi connectivity index (χ4v) is 2.46. The average molecular weight is 360 g/mol. The van der Waals surface area contributed by atoms with E-state index in [0.29, 0.717) is 22.5 Å². The number of aromatic carboxylic acids is 1. The molecule has 0 unspecified atom stereocenters. The van der Waals surface area contributed by atoms with E-state index < -0.39 is 11.9 Å². The van der Waals surface area contributed by atoms with Gasteiger partial charge in [-0.1, -0.05) is 30.3 Å². The Kier molecular flexibility index (Phi) is 5.28. The first-order chi connectivity index (χ1) is 13.0. The van der Waals surface area contributed by atoms with Gasteiger partial charge in [-0.3, -0.25) is 9.59 Å². The van der Waals surface area contributed by atoms with Crippen LogP contribution in [-0.2, 0) is 0 Å². The average Bonchev–Trinajstić information content (AvgIpc) is 2.69. The molecule has 3 aromatic carbocycles. The molecule has 0 bridgehead atoms. The Morgan fingerprint density at radius 2 is 1.07 bits per heavy atom. The summed E-state index contributed by atoms with van der Waals surface area (Å²) in [6, 6.07) is 21.2. The molecule has 6 heteroatoms. The maximum absolute atomic E-state index is 12.4. The summed E-state index contributed by atoms with van der Waals surface area (Å²) in [5.41, 5.74) is 1.78. The van der Waals surface area contributed by atoms with Crippen molar-refractivity contribution >= 4 is 29.2 Å². The van der Waals surface area contributed by atoms with E-state index >= 15 is 0 Å². The number of anilines is 2. The predicted molar refractivity (Wildman–Crippen MR) is 102 cm³/mol. The lowest BCUT2D eigenvalue weighted by molar-refractivity contribution is 0.0696. The van der Waals surface area contributed by atoms with Crippen LogP contribution in [0.2, 0.25) is 0 Å². The topological polar surface area (TPSA) is 95.5 Å². The van der Waals surface area contributed by atoms with E-state index in [4.69, 9.17) is 5.11 Å². The van der Waals surface area contributed by atoms with Crippen LogP contribution in [0, 0.1) is 0 Å². The highest BCUT2D eigenvalue weighted by atomic mass is 16.4. The van der Waals surface area contributed by atoms with Crippen molar-refractivity contribution in [3.63, 3.8) is 0 Å². The van der Waals surface area contributed by atoms with Gasteiger partial charge in [-0.05, 0) is 48.5 Å². The molecule has 0 fully saturated rings. The molecule has 3 aromatic rings. The number of carbonyl (C=O) groups excluding carboxylic acids is 2. The lowest BCUT2D eigenvalue weighted by Gasteiger charge is -2.09. The monoisotopic (exact) mass is 360 g/mol. The van der Waals surface area contributed by atoms with Crippen molar-refractivity contribution in [3.05, 3.63) is 95.6 Å². The molecular weight excluding hydrogens is 344 g/mol. The zero-order valence-corrected chi connectivity index (χ0v) is 14.2. The quantitative estimate of drug-likeness (QED) is 0.643. The van der Waals surface area contributed by atoms with E-state index in [1.54, 1.807) is 60.7 Å². The highest BCUT2D eigenvalue weighted by molar-refractivity contribution is 6.07. The lowest BCUT2D eigenvalue weighted by Crippen LogP contribution is -2.14. The minimum Gasteiger partial charge on any atom is -0.478 e. The SMILES string of the molecule is O=C(O)c1cccc(NC(=O)c2cccc(NC(=O)c3ccccc3)c2)c1. The van der Waals surface area contributed by atoms with Crippen LogP contribution in [0.1, 0.15) is 31.1 Å². The number of carbonyl (C=O) groups is 3. The molecule has 0 spiro atoms. The molecule has 0 saturated carbocycles. The first-order valence-corrected chi connectivity index (χ1v) is 8.14. The molecule has 0 radical (unpaired) electrons. The van der Waals surface area contributed by atoms with Crippen molar-refractivity contribution < 1.29 is 19.5 Å². The molecule has 6 nitrogen and oxygen atoms in total. The van der Waals surface area contributed by atoms with Crippen LogP contribution in [0.25, 0.3) is 0 Å². The van der Waals surface area contributed by atoms with Crippen LogP contribution < -0.4 is 10.6 Å². The molecule has 2 amide bonds. The Hall–Kier alpha value is -3.93. The maximum Gasteiger partial charge on any atom is 0.335 e. The Morgan fingerprint density at radius 3 is 1.67 bits per heavy atom. The zero-order valence-electron chi connectivity index (χ0n) is 14.2. The van der Waals surface area contributed by atoms with E-state index in [9.17, 15) is 14.4 Å². The summed E-state index contributed by atoms with van der Waals surface area (Å²) in [6.45, 7) is 0. The fourth-order valence-electron chi connectivity index (χ4n) is 2.46. The highest BCUT2D eigenvalue weighted by Gasteiger charge is 2.11. The van der Waals surface area contributed by atoms with E-state index in [1.807, 2.05) is 6.07 Å². The molecule has 0 heterocycles. The van der Waals surface area contributed by atoms with Crippen LogP contribution in [0.5, 0.6) is 0 Å². The Labute approximate surface area is 155 Å². The number of rotatable bonds is 5. The van der Waals surface area contributed by atoms with Crippen molar-refractivity contribution in [1.29, 1.82) is 0 Å². The third-order valence-corrected chi connectivity index (χ3v) is 3.79. The fraction of sp³-hybridized carbons (Fsp3) is 0. The molecule has 27 heavy (non-hydrogen) atoms. The summed E-state index contributed by atoms with van der Waals surface area (Å²) < 4.78 is 0. The largest absolute Gasteiger partial charge is 0.478 e. The summed E-state index contributed by atoms with van der Waals surface area (Å²) in [4.78, 5) is 35.7. The first kappa shape index (κ1) is 17.9. The Balaban J connectivity index is 1.73. The van der Waals surface area contributed by atoms with Crippen LogP contribution in [0.15, 0.2) is 78.9 Å². The summed E-state index contributed by atoms with van der Waals surface area (Å²) in [6.07, 6.45) is 0. The molecule has 0 aromatic heterocycles. The third kappa shape index (κ3) is 4.58. The molecule has 0 aliphatic heterocycles. The number of nitrogens with one attached hydrogen (secondary N) is 2. The lowest BCUT2D eigenvalue weighted by atomic mass is 10.1. The number of carboxylic acids is 1. The van der Waals surface area contributed by atoms with Gasteiger partial charge in [0.05, 0.1) is 5.56 Å². The molecular formula is C21H16N2O4. The number of hydrogen-bond donors (Lipinski definition) is 3. The summed E-state index contributed by atoms with van der Waals surface area (Å²) >= 11 is 0. The van der Waals surface area contributed by atoms with Crippen molar-refractivity contribution in [2.75, 3.05) is 10.6 Å². The van der Waals surface area contributed by atoms with E-state index in [-0.39, 0.29) is 11.5 Å². The van der Waals surface area contributed by atoms with Crippen LogP contribution in [0.4, 0.5) is 11.4 Å². The number of hydrogen-bond acceptors (Lipinski definition) is 3. The molecule has 134 valence electrons. The van der Waals surface area contributed by atoms with Crippen molar-refractivity contribution in [2.24, 2.45) is 0 Å². The number of amides is 2. The van der Waals surface area contributed by atoms with E-state index in [0.717, 1.165) is 0 Å². The number of benzene rings is 3. The van der Waals surface area contributed by atoms with Crippen molar-refractivity contribution in [1.82, 2.24) is 0 Å². The van der Waals surface area contributed by atoms with Gasteiger partial charge in [0, 0.05) is 22.5 Å². The third-order valence-electron chi connectivity index (χ3n) is 3.79. The number of carboxylic acid groups (broad SMARTS) is 1. The van der Waals surface area contributed by atoms with Gasteiger partial charge < -0.3 is 15.7 Å². The summed E-state index contributed by atoms with van der Waals surface area (Å²) in [5.74, 6) is -1.76. The highest BCUT2D eigenvalue weighted by Crippen LogP contribution is 2.16. The Morgan fingerprint density at radius 1 is 0.593 bits per heavy atom. The van der Waals surface area contributed by atoms with Gasteiger partial charge in [0.15, 0.2) is 0 Å². The summed E-state index contributed by atoms with van der Waals surface area (Å²) in [5, 5.41) is 14.4. The van der Waals surface area contributed by atoms with Gasteiger partial charge in [-0.15, -0.1) is 0 Å². The second kappa shape index (κ2) is 7.97. The predicted octanol–water partition coefficient (Wildman–Crippen LogP) is 3.89. The van der Waals surface area contributed by atoms with E-state index in [1.165, 1.54) is 12.1 Å². The van der Waals surface area contributed by atoms with Crippen molar-refractivity contribution in [2.45, 2.75) is 0 Å². The minimum absolute atomic E-state index is 0.0803. The van der Waals surface area contributed by atoms with Gasteiger partial charge in [0.2, 0.25) is 0 Å². The normalized spacial score (nSPS) is 10.1. The maximum atomic E-state index is 12.4. The van der Waals surface area contributed by atoms with Crippen molar-refractivity contribution in [3.8, 4) is 0 Å². The van der Waals surface area contributed by atoms with Gasteiger partial charge in [-0.25, -0.2) is 4.79 Å². The molecule has 0 saturated heterocycles. The van der Waals surface area contributed by atoms with E-state index in [2.05, 4.69) is 10.6 Å². The smallest absolute Gasteiger partial charge is 0.335 e. The Bertz CT molecular complexity index is 1000. The minimum atomic E-state index is -1.07. The molecule has 3 N–H and O–H groups in total. The molecule has 0 atom stereocenters. The van der Waals surface area contributed by atoms with Gasteiger partial charge in [-0.2, -0.15) is 0 Å². The zero-order chi connectivity index (χ0) is 19.2. The van der Waals surface area contributed by atoms with Crippen LogP contribution >= 0.6 is 0 Å². The second-order valence-electron chi connectivity index (χ2n) is 5.74. The van der Waals surface area contributed by atoms with Gasteiger partial charge >= 0.3 is 5.97 Å². The standard InChI is InChI=1S/C21H16N2O4/c24-19(14-6-2-1-3-7-14)22-17-10-4-8-15(12-17)20(25)23-18-11-5-9-16(13-18)21(26)27/h1-13H,(H,22,24)(H,23,25)(H,26,27). The summed E-state index contributed by atoms with van der Waals surface area (Å²) in [7, 11) is 0. The van der Waals surface area contributed by atoms with Gasteiger partial charge in [0.1, 0.15) is 0 Å². The molecule has 0 aliphatic carbocycles. The second-order valence-corrected chi connectivity index (χ2v) is 5.74. The van der Waals surface area contributed by atoms with Crippen LogP contribution in [0.3, 0.4) is 0 Å². The molecule has 0 aliphatic rings. The van der Waals surface area contributed by atoms with Crippen LogP contribution in [-0.4, -0.2) is 22.9 Å². The van der Waals surface area contributed by atoms with Gasteiger partial charge in [0.25, 0.3) is 11.8 Å². The first-order valence-electron chi connectivity index (χ1n) is 8.14.